The molecule has 0 aliphatic carbocycles. The molecular formula is C20H18N8O4. The molecule has 162 valence electrons. The van der Waals surface area contributed by atoms with Crippen LogP contribution in [0, 0.1) is 0 Å². The fourth-order valence-corrected chi connectivity index (χ4v) is 3.53. The molecular weight excluding hydrogens is 416 g/mol. The van der Waals surface area contributed by atoms with E-state index in [1.165, 1.54) is 0 Å². The van der Waals surface area contributed by atoms with Crippen molar-refractivity contribution in [1.29, 1.82) is 0 Å². The lowest BCUT2D eigenvalue weighted by molar-refractivity contribution is 0.0260. The molecule has 6 rings (SSSR count). The molecule has 2 aromatic carbocycles. The molecule has 1 fully saturated rings. The van der Waals surface area contributed by atoms with Gasteiger partial charge in [-0.2, -0.15) is 19.9 Å². The summed E-state index contributed by atoms with van der Waals surface area (Å²) in [5, 5.41) is 3.23. The number of nitrogens with two attached hydrogens (primary N) is 1. The van der Waals surface area contributed by atoms with Crippen LogP contribution in [0.1, 0.15) is 0 Å². The van der Waals surface area contributed by atoms with Crippen LogP contribution in [0.25, 0.3) is 22.5 Å². The van der Waals surface area contributed by atoms with Crippen LogP contribution in [0.5, 0.6) is 11.5 Å². The third-order valence-corrected chi connectivity index (χ3v) is 5.08. The van der Waals surface area contributed by atoms with Gasteiger partial charge in [0.2, 0.25) is 11.9 Å². The van der Waals surface area contributed by atoms with E-state index in [9.17, 15) is 0 Å². The van der Waals surface area contributed by atoms with Gasteiger partial charge in [0.15, 0.2) is 22.9 Å². The Morgan fingerprint density at radius 3 is 2.72 bits per heavy atom. The second kappa shape index (κ2) is 7.51. The number of benzene rings is 2. The van der Waals surface area contributed by atoms with E-state index in [1.54, 1.807) is 18.2 Å². The summed E-state index contributed by atoms with van der Waals surface area (Å²) in [6.45, 7) is 2.61. The minimum atomic E-state index is 0.112. The number of morpholine rings is 1. The molecule has 0 amide bonds. The van der Waals surface area contributed by atoms with E-state index in [-0.39, 0.29) is 6.01 Å². The van der Waals surface area contributed by atoms with E-state index in [1.807, 2.05) is 18.2 Å². The van der Waals surface area contributed by atoms with Gasteiger partial charge in [-0.1, -0.05) is 0 Å². The minimum absolute atomic E-state index is 0.112. The molecule has 0 bridgehead atoms. The Hall–Kier alpha value is -4.16. The number of nitrogens with one attached hydrogen (secondary N) is 2. The highest BCUT2D eigenvalue weighted by molar-refractivity contribution is 5.80. The number of hydrogen-bond acceptors (Lipinski definition) is 12. The minimum Gasteiger partial charge on any atom is -0.424 e. The summed E-state index contributed by atoms with van der Waals surface area (Å²) < 4.78 is 10.8. The number of hydrogen-bond donors (Lipinski definition) is 3. The summed E-state index contributed by atoms with van der Waals surface area (Å²) in [6, 6.07) is 11.0. The van der Waals surface area contributed by atoms with Crippen molar-refractivity contribution in [1.82, 2.24) is 25.6 Å². The van der Waals surface area contributed by atoms with Crippen molar-refractivity contribution < 1.29 is 18.8 Å². The zero-order chi connectivity index (χ0) is 21.5. The number of fused-ring (bicyclic) bond motifs is 2. The Bertz CT molecular complexity index is 1300. The summed E-state index contributed by atoms with van der Waals surface area (Å²) >= 11 is 0. The van der Waals surface area contributed by atoms with E-state index in [4.69, 9.17) is 29.5 Å². The third kappa shape index (κ3) is 3.46. The Kier molecular flexibility index (Phi) is 4.37. The number of anilines is 4. The molecule has 0 radical (unpaired) electrons. The molecule has 0 atom stereocenters. The first kappa shape index (κ1) is 18.6. The van der Waals surface area contributed by atoms with Gasteiger partial charge in [-0.05, 0) is 30.3 Å². The van der Waals surface area contributed by atoms with E-state index < -0.39 is 0 Å². The average Bonchev–Trinajstić information content (AvgIpc) is 3.44. The van der Waals surface area contributed by atoms with Gasteiger partial charge in [-0.3, -0.25) is 0 Å². The number of oxazole rings is 1. The van der Waals surface area contributed by atoms with Gasteiger partial charge in [0.25, 0.3) is 6.01 Å². The highest BCUT2D eigenvalue weighted by Crippen LogP contribution is 2.33. The van der Waals surface area contributed by atoms with Gasteiger partial charge in [-0.25, -0.2) is 0 Å². The molecule has 2 aliphatic rings. The number of nitrogens with zero attached hydrogens (tertiary/aromatic N) is 5. The van der Waals surface area contributed by atoms with Crippen molar-refractivity contribution >= 4 is 34.7 Å². The van der Waals surface area contributed by atoms with Crippen LogP contribution < -0.4 is 31.3 Å². The SMILES string of the molecule is Nc1nc2cc(-c3nc(Nc4ccc5c(c4)ONO5)nc(N4CCOCC4)n3)ccc2o1. The van der Waals surface area contributed by atoms with Crippen molar-refractivity contribution in [2.45, 2.75) is 0 Å². The van der Waals surface area contributed by atoms with Crippen LogP contribution >= 0.6 is 0 Å². The summed E-state index contributed by atoms with van der Waals surface area (Å²) in [7, 11) is 0. The zero-order valence-electron chi connectivity index (χ0n) is 16.7. The standard InChI is InChI=1S/C20H18N8O4/c21-18-23-13-9-11(1-3-14(13)30-18)17-24-19(26-20(25-17)28-5-7-29-8-6-28)22-12-2-4-15-16(10-12)32-27-31-15/h1-4,9-10,27H,5-8H2,(H2,21,23)(H,22,24,25,26). The van der Waals surface area contributed by atoms with E-state index in [2.05, 4.69) is 30.8 Å². The quantitative estimate of drug-likeness (QED) is 0.432. The maximum Gasteiger partial charge on any atom is 0.292 e. The lowest BCUT2D eigenvalue weighted by atomic mass is 10.2. The van der Waals surface area contributed by atoms with Gasteiger partial charge >= 0.3 is 0 Å². The van der Waals surface area contributed by atoms with Gasteiger partial charge in [0.1, 0.15) is 5.52 Å². The molecule has 0 saturated carbocycles. The Morgan fingerprint density at radius 1 is 0.938 bits per heavy atom. The average molecular weight is 434 g/mol. The molecule has 0 unspecified atom stereocenters. The first-order valence-corrected chi connectivity index (χ1v) is 9.96. The second-order valence-corrected chi connectivity index (χ2v) is 7.19. The summed E-state index contributed by atoms with van der Waals surface area (Å²) in [4.78, 5) is 30.6. The first-order chi connectivity index (χ1) is 15.7. The summed E-state index contributed by atoms with van der Waals surface area (Å²) in [6.07, 6.45) is 0. The van der Waals surface area contributed by atoms with E-state index in [0.29, 0.717) is 66.6 Å². The molecule has 12 heteroatoms. The predicted molar refractivity (Wildman–Crippen MR) is 114 cm³/mol. The van der Waals surface area contributed by atoms with Gasteiger partial charge in [0.05, 0.1) is 13.2 Å². The van der Waals surface area contributed by atoms with Crippen molar-refractivity contribution in [3.63, 3.8) is 0 Å². The second-order valence-electron chi connectivity index (χ2n) is 7.19. The molecule has 12 nitrogen and oxygen atoms in total. The third-order valence-electron chi connectivity index (χ3n) is 5.08. The highest BCUT2D eigenvalue weighted by Gasteiger charge is 2.19. The van der Waals surface area contributed by atoms with Crippen molar-refractivity contribution in [3.8, 4) is 22.9 Å². The van der Waals surface area contributed by atoms with E-state index in [0.717, 1.165) is 11.3 Å². The lowest BCUT2D eigenvalue weighted by Crippen LogP contribution is -2.37. The number of ether oxygens (including phenoxy) is 1. The summed E-state index contributed by atoms with van der Waals surface area (Å²) in [5.41, 5.74) is 10.8. The largest absolute Gasteiger partial charge is 0.424 e. The highest BCUT2D eigenvalue weighted by atomic mass is 16.9. The topological polar surface area (TPSA) is 146 Å². The molecule has 2 aromatic heterocycles. The van der Waals surface area contributed by atoms with Crippen molar-refractivity contribution in [2.24, 2.45) is 0 Å². The van der Waals surface area contributed by atoms with Crippen LogP contribution in [0.3, 0.4) is 0 Å². The van der Waals surface area contributed by atoms with Gasteiger partial charge < -0.3 is 34.8 Å². The summed E-state index contributed by atoms with van der Waals surface area (Å²) in [5.74, 6) is 2.61. The van der Waals surface area contributed by atoms with Crippen LogP contribution in [0.15, 0.2) is 40.8 Å². The lowest BCUT2D eigenvalue weighted by Gasteiger charge is -2.27. The monoisotopic (exact) mass is 434 g/mol. The number of aromatic nitrogens is 4. The smallest absolute Gasteiger partial charge is 0.292 e. The maximum absolute atomic E-state index is 5.68. The van der Waals surface area contributed by atoms with Crippen LogP contribution in [0.2, 0.25) is 0 Å². The molecule has 4 heterocycles. The van der Waals surface area contributed by atoms with Crippen LogP contribution in [-0.2, 0) is 4.74 Å². The van der Waals surface area contributed by atoms with Gasteiger partial charge in [-0.15, -0.1) is 0 Å². The van der Waals surface area contributed by atoms with E-state index >= 15 is 0 Å². The number of nitrogen functional groups attached to an aromatic ring is 1. The van der Waals surface area contributed by atoms with Gasteiger partial charge in [0, 0.05) is 36.1 Å². The Balaban J connectivity index is 1.40. The molecule has 0 spiro atoms. The van der Waals surface area contributed by atoms with Crippen molar-refractivity contribution in [2.75, 3.05) is 42.3 Å². The molecule has 32 heavy (non-hydrogen) atoms. The molecule has 1 saturated heterocycles. The fraction of sp³-hybridized carbons (Fsp3) is 0.200. The Morgan fingerprint density at radius 2 is 1.81 bits per heavy atom. The molecule has 2 aliphatic heterocycles. The molecule has 4 N–H and O–H groups in total. The number of rotatable bonds is 4. The Labute approximate surface area is 181 Å². The van der Waals surface area contributed by atoms with Crippen molar-refractivity contribution in [3.05, 3.63) is 36.4 Å². The first-order valence-electron chi connectivity index (χ1n) is 9.96. The predicted octanol–water partition coefficient (Wildman–Crippen LogP) is 2.03. The maximum atomic E-state index is 5.68. The van der Waals surface area contributed by atoms with Crippen LogP contribution in [-0.4, -0.2) is 46.2 Å². The zero-order valence-corrected chi connectivity index (χ0v) is 16.7. The normalized spacial score (nSPS) is 15.3. The van der Waals surface area contributed by atoms with Crippen LogP contribution in [0.4, 0.5) is 23.6 Å². The molecule has 4 aromatic rings. The fourth-order valence-electron chi connectivity index (χ4n) is 3.53.